The number of thiazole rings is 1. The van der Waals surface area contributed by atoms with Gasteiger partial charge in [-0.3, -0.25) is 10.1 Å². The maximum atomic E-state index is 13.0. The lowest BCUT2D eigenvalue weighted by Crippen LogP contribution is -2.48. The van der Waals surface area contributed by atoms with Crippen LogP contribution in [0.4, 0.5) is 10.8 Å². The van der Waals surface area contributed by atoms with Crippen molar-refractivity contribution >= 4 is 44.2 Å². The van der Waals surface area contributed by atoms with Gasteiger partial charge in [0, 0.05) is 43.3 Å². The van der Waals surface area contributed by atoms with E-state index in [4.69, 9.17) is 0 Å². The van der Waals surface area contributed by atoms with Gasteiger partial charge in [0.05, 0.1) is 17.6 Å². The van der Waals surface area contributed by atoms with Gasteiger partial charge in [-0.25, -0.2) is 18.4 Å². The minimum atomic E-state index is -3.23. The molecule has 0 radical (unpaired) electrons. The van der Waals surface area contributed by atoms with Crippen LogP contribution in [0.2, 0.25) is 0 Å². The third-order valence-electron chi connectivity index (χ3n) is 5.23. The summed E-state index contributed by atoms with van der Waals surface area (Å²) in [6.07, 6.45) is 4.55. The summed E-state index contributed by atoms with van der Waals surface area (Å²) in [5, 5.41) is 5.21. The van der Waals surface area contributed by atoms with E-state index >= 15 is 0 Å². The molecule has 1 amide bonds. The molecule has 3 aromatic rings. The smallest absolute Gasteiger partial charge is 0.278 e. The number of pyridine rings is 1. The van der Waals surface area contributed by atoms with Crippen molar-refractivity contribution in [1.29, 1.82) is 0 Å². The second-order valence-corrected chi connectivity index (χ2v) is 10.1. The first-order chi connectivity index (χ1) is 15.4. The van der Waals surface area contributed by atoms with E-state index in [2.05, 4.69) is 21.9 Å². The first-order valence-electron chi connectivity index (χ1n) is 10.0. The number of aromatic nitrogens is 2. The molecule has 32 heavy (non-hydrogen) atoms. The molecule has 0 saturated carbocycles. The Morgan fingerprint density at radius 3 is 2.62 bits per heavy atom. The molecular weight excluding hydrogens is 446 g/mol. The highest BCUT2D eigenvalue weighted by Gasteiger charge is 2.26. The summed E-state index contributed by atoms with van der Waals surface area (Å²) in [6, 6.07) is 11.4. The number of piperazine rings is 1. The molecule has 0 unspecified atom stereocenters. The van der Waals surface area contributed by atoms with Crippen LogP contribution >= 0.6 is 11.3 Å². The van der Waals surface area contributed by atoms with Gasteiger partial charge in [0.1, 0.15) is 0 Å². The number of sulfonamides is 1. The van der Waals surface area contributed by atoms with Gasteiger partial charge in [-0.1, -0.05) is 36.9 Å². The number of hydrogen-bond acceptors (Lipinski definition) is 7. The molecule has 0 spiro atoms. The third-order valence-corrected chi connectivity index (χ3v) is 7.29. The van der Waals surface area contributed by atoms with Gasteiger partial charge in [-0.15, -0.1) is 11.3 Å². The molecule has 1 N–H and O–H groups in total. The number of carbonyl (C=O) groups is 1. The van der Waals surface area contributed by atoms with Crippen LogP contribution in [0.15, 0.2) is 54.6 Å². The summed E-state index contributed by atoms with van der Waals surface area (Å²) >= 11 is 1.34. The average Bonchev–Trinajstić information content (AvgIpc) is 3.26. The summed E-state index contributed by atoms with van der Waals surface area (Å²) in [4.78, 5) is 23.8. The Morgan fingerprint density at radius 1 is 1.16 bits per heavy atom. The van der Waals surface area contributed by atoms with Crippen molar-refractivity contribution in [3.05, 3.63) is 65.8 Å². The van der Waals surface area contributed by atoms with Crippen LogP contribution in [-0.4, -0.2) is 61.0 Å². The van der Waals surface area contributed by atoms with Crippen molar-refractivity contribution in [2.75, 3.05) is 42.7 Å². The largest absolute Gasteiger partial charge is 0.367 e. The molecule has 0 aliphatic carbocycles. The Labute approximate surface area is 191 Å². The van der Waals surface area contributed by atoms with Gasteiger partial charge in [0.15, 0.2) is 10.8 Å². The Bertz CT molecular complexity index is 1250. The minimum absolute atomic E-state index is 0.281. The summed E-state index contributed by atoms with van der Waals surface area (Å²) < 4.78 is 25.0. The van der Waals surface area contributed by atoms with Crippen molar-refractivity contribution in [1.82, 2.24) is 14.3 Å². The predicted molar refractivity (Wildman–Crippen MR) is 128 cm³/mol. The van der Waals surface area contributed by atoms with E-state index in [1.54, 1.807) is 18.3 Å². The molecule has 0 bridgehead atoms. The van der Waals surface area contributed by atoms with Crippen LogP contribution in [0.3, 0.4) is 0 Å². The van der Waals surface area contributed by atoms with Crippen LogP contribution < -0.4 is 10.2 Å². The summed E-state index contributed by atoms with van der Waals surface area (Å²) in [5.41, 5.74) is 3.63. The number of nitrogens with one attached hydrogen (secondary N) is 1. The molecule has 3 heterocycles. The van der Waals surface area contributed by atoms with Gasteiger partial charge in [0.25, 0.3) is 5.91 Å². The second kappa shape index (κ2) is 9.19. The van der Waals surface area contributed by atoms with Crippen molar-refractivity contribution in [2.24, 2.45) is 0 Å². The van der Waals surface area contributed by atoms with E-state index in [9.17, 15) is 13.2 Å². The van der Waals surface area contributed by atoms with Gasteiger partial charge in [-0.2, -0.15) is 4.31 Å². The number of hydrogen-bond donors (Lipinski definition) is 1. The van der Waals surface area contributed by atoms with Crippen molar-refractivity contribution in [3.63, 3.8) is 0 Å². The Kier molecular flexibility index (Phi) is 6.35. The molecule has 1 aliphatic rings. The van der Waals surface area contributed by atoms with Gasteiger partial charge in [0.2, 0.25) is 10.0 Å². The zero-order valence-corrected chi connectivity index (χ0v) is 19.2. The number of nitrogens with zero attached hydrogens (tertiary/aromatic N) is 4. The van der Waals surface area contributed by atoms with Crippen LogP contribution in [0.1, 0.15) is 16.1 Å². The highest BCUT2D eigenvalue weighted by Crippen LogP contribution is 2.29. The first-order valence-corrected chi connectivity index (χ1v) is 12.7. The molecule has 1 aromatic carbocycles. The number of amides is 1. The van der Waals surface area contributed by atoms with Crippen molar-refractivity contribution in [3.8, 4) is 11.3 Å². The number of carbonyl (C=O) groups excluding carboxylic acids is 1. The zero-order chi connectivity index (χ0) is 22.7. The first kappa shape index (κ1) is 22.1. The number of benzene rings is 1. The van der Waals surface area contributed by atoms with E-state index in [-0.39, 0.29) is 11.6 Å². The Morgan fingerprint density at radius 2 is 1.91 bits per heavy atom. The summed E-state index contributed by atoms with van der Waals surface area (Å²) in [7, 11) is -3.23. The van der Waals surface area contributed by atoms with Gasteiger partial charge >= 0.3 is 0 Å². The Balaban J connectivity index is 1.51. The van der Waals surface area contributed by atoms with E-state index in [0.29, 0.717) is 37.0 Å². The average molecular weight is 470 g/mol. The third kappa shape index (κ3) is 4.72. The number of rotatable bonds is 6. The minimum Gasteiger partial charge on any atom is -0.367 e. The predicted octanol–water partition coefficient (Wildman–Crippen LogP) is 3.18. The summed E-state index contributed by atoms with van der Waals surface area (Å²) in [6.45, 7) is 5.55. The van der Waals surface area contributed by atoms with Crippen LogP contribution in [0.5, 0.6) is 0 Å². The molecule has 1 fully saturated rings. The van der Waals surface area contributed by atoms with Crippen LogP contribution in [-0.2, 0) is 10.0 Å². The van der Waals surface area contributed by atoms with E-state index in [1.807, 2.05) is 40.6 Å². The van der Waals surface area contributed by atoms with Crippen LogP contribution in [0, 0.1) is 0 Å². The Hall–Kier alpha value is -3.08. The fraction of sp³-hybridized carbons (Fsp3) is 0.227. The molecule has 0 atom stereocenters. The zero-order valence-electron chi connectivity index (χ0n) is 17.6. The van der Waals surface area contributed by atoms with E-state index < -0.39 is 10.0 Å². The highest BCUT2D eigenvalue weighted by molar-refractivity contribution is 7.88. The van der Waals surface area contributed by atoms with E-state index in [1.165, 1.54) is 21.9 Å². The second-order valence-electron chi connectivity index (χ2n) is 7.30. The number of anilines is 2. The molecule has 10 heteroatoms. The maximum absolute atomic E-state index is 13.0. The quantitative estimate of drug-likeness (QED) is 0.596. The van der Waals surface area contributed by atoms with Crippen molar-refractivity contribution in [2.45, 2.75) is 0 Å². The van der Waals surface area contributed by atoms with Crippen molar-refractivity contribution < 1.29 is 13.2 Å². The van der Waals surface area contributed by atoms with E-state index in [0.717, 1.165) is 16.8 Å². The normalized spacial score (nSPS) is 14.8. The maximum Gasteiger partial charge on any atom is 0.278 e. The topological polar surface area (TPSA) is 95.5 Å². The molecule has 1 aliphatic heterocycles. The fourth-order valence-electron chi connectivity index (χ4n) is 3.61. The molecule has 2 aromatic heterocycles. The standard InChI is InChI=1S/C22H23N5O3S2/c1-3-16-7-4-5-8-17(16)18-15-31-22(24-18)25-21(28)20-19(9-6-10-23-20)26-11-13-27(14-12-26)32(2,29)30/h3-10,15H,1,11-14H2,2H3,(H,24,25,28). The highest BCUT2D eigenvalue weighted by atomic mass is 32.2. The SMILES string of the molecule is C=Cc1ccccc1-c1csc(NC(=O)c2ncccc2N2CCN(S(C)(=O)=O)CC2)n1. The lowest BCUT2D eigenvalue weighted by Gasteiger charge is -2.35. The lowest BCUT2D eigenvalue weighted by molar-refractivity contribution is 0.102. The van der Waals surface area contributed by atoms with Crippen LogP contribution in [0.25, 0.3) is 17.3 Å². The fourth-order valence-corrected chi connectivity index (χ4v) is 5.14. The molecule has 166 valence electrons. The molecule has 1 saturated heterocycles. The molecule has 4 rings (SSSR count). The monoisotopic (exact) mass is 469 g/mol. The molecular formula is C22H23N5O3S2. The van der Waals surface area contributed by atoms with Gasteiger partial charge in [-0.05, 0) is 17.7 Å². The lowest BCUT2D eigenvalue weighted by atomic mass is 10.1. The van der Waals surface area contributed by atoms with Gasteiger partial charge < -0.3 is 4.90 Å². The summed E-state index contributed by atoms with van der Waals surface area (Å²) in [5.74, 6) is -0.357. The molecule has 8 nitrogen and oxygen atoms in total.